The van der Waals surface area contributed by atoms with Gasteiger partial charge in [-0.3, -0.25) is 9.78 Å². The molecule has 0 aliphatic carbocycles. The van der Waals surface area contributed by atoms with Crippen molar-refractivity contribution in [1.82, 2.24) is 24.8 Å². The van der Waals surface area contributed by atoms with Gasteiger partial charge < -0.3 is 9.88 Å². The molecule has 3 heterocycles. The standard InChI is InChI=1S/C19H27N5O/c1-13-9-22-17(23-13)16-11-20-15(10-21-16)8-14-6-5-7-24(12-14)18(25)19(2,3)4/h9-11,14H,5-8,12H2,1-4H3,(H,22,23)/t14-/m1/s1. The van der Waals surface area contributed by atoms with Crippen LogP contribution in [0.5, 0.6) is 0 Å². The minimum Gasteiger partial charge on any atom is -0.342 e. The van der Waals surface area contributed by atoms with Gasteiger partial charge in [0.25, 0.3) is 0 Å². The first kappa shape index (κ1) is 17.6. The van der Waals surface area contributed by atoms with Gasteiger partial charge in [-0.15, -0.1) is 0 Å². The molecule has 1 fully saturated rings. The Labute approximate surface area is 149 Å². The highest BCUT2D eigenvalue weighted by molar-refractivity contribution is 5.81. The molecule has 0 aromatic carbocycles. The van der Waals surface area contributed by atoms with Gasteiger partial charge in [-0.05, 0) is 32.1 Å². The van der Waals surface area contributed by atoms with Gasteiger partial charge in [-0.25, -0.2) is 9.97 Å². The first-order valence-corrected chi connectivity index (χ1v) is 8.95. The van der Waals surface area contributed by atoms with Gasteiger partial charge in [-0.2, -0.15) is 0 Å². The lowest BCUT2D eigenvalue weighted by Gasteiger charge is -2.36. The average Bonchev–Trinajstić information content (AvgIpc) is 3.01. The number of amides is 1. The molecule has 3 rings (SSSR count). The summed E-state index contributed by atoms with van der Waals surface area (Å²) in [5, 5.41) is 0. The molecule has 134 valence electrons. The van der Waals surface area contributed by atoms with E-state index in [1.807, 2.05) is 38.8 Å². The number of imidazole rings is 1. The van der Waals surface area contributed by atoms with Crippen molar-refractivity contribution < 1.29 is 4.79 Å². The Hall–Kier alpha value is -2.24. The van der Waals surface area contributed by atoms with Crippen molar-refractivity contribution in [2.45, 2.75) is 47.0 Å². The summed E-state index contributed by atoms with van der Waals surface area (Å²) in [5.74, 6) is 1.44. The molecule has 1 N–H and O–H groups in total. The second kappa shape index (κ2) is 6.94. The largest absolute Gasteiger partial charge is 0.342 e. The molecule has 1 aliphatic rings. The van der Waals surface area contributed by atoms with Crippen LogP contribution in [0, 0.1) is 18.3 Å². The quantitative estimate of drug-likeness (QED) is 0.931. The Morgan fingerprint density at radius 2 is 2.04 bits per heavy atom. The van der Waals surface area contributed by atoms with Crippen molar-refractivity contribution in [2.24, 2.45) is 11.3 Å². The maximum atomic E-state index is 12.5. The Balaban J connectivity index is 1.63. The van der Waals surface area contributed by atoms with Crippen molar-refractivity contribution in [2.75, 3.05) is 13.1 Å². The van der Waals surface area contributed by atoms with E-state index >= 15 is 0 Å². The van der Waals surface area contributed by atoms with Crippen molar-refractivity contribution in [3.8, 4) is 11.5 Å². The number of aromatic nitrogens is 4. The summed E-state index contributed by atoms with van der Waals surface area (Å²) in [6.45, 7) is 9.61. The second-order valence-corrected chi connectivity index (χ2v) is 8.02. The smallest absolute Gasteiger partial charge is 0.227 e. The van der Waals surface area contributed by atoms with Gasteiger partial charge >= 0.3 is 0 Å². The summed E-state index contributed by atoms with van der Waals surface area (Å²) in [5.41, 5.74) is 2.42. The summed E-state index contributed by atoms with van der Waals surface area (Å²) < 4.78 is 0. The van der Waals surface area contributed by atoms with E-state index < -0.39 is 0 Å². The van der Waals surface area contributed by atoms with Crippen LogP contribution in [0.3, 0.4) is 0 Å². The molecule has 25 heavy (non-hydrogen) atoms. The van der Waals surface area contributed by atoms with Crippen LogP contribution in [-0.2, 0) is 11.2 Å². The molecule has 1 amide bonds. The number of nitrogens with zero attached hydrogens (tertiary/aromatic N) is 4. The van der Waals surface area contributed by atoms with Crippen molar-refractivity contribution in [1.29, 1.82) is 0 Å². The highest BCUT2D eigenvalue weighted by Gasteiger charge is 2.31. The predicted octanol–water partition coefficient (Wildman–Crippen LogP) is 3.00. The van der Waals surface area contributed by atoms with Crippen LogP contribution in [-0.4, -0.2) is 43.8 Å². The molecule has 0 radical (unpaired) electrons. The summed E-state index contributed by atoms with van der Waals surface area (Å²) in [4.78, 5) is 31.0. The topological polar surface area (TPSA) is 74.8 Å². The molecule has 2 aromatic rings. The van der Waals surface area contributed by atoms with Crippen LogP contribution in [0.4, 0.5) is 0 Å². The number of carbonyl (C=O) groups is 1. The highest BCUT2D eigenvalue weighted by atomic mass is 16.2. The van der Waals surface area contributed by atoms with E-state index in [1.165, 1.54) is 0 Å². The lowest BCUT2D eigenvalue weighted by atomic mass is 9.89. The number of hydrogen-bond donors (Lipinski definition) is 1. The number of piperidine rings is 1. The fraction of sp³-hybridized carbons (Fsp3) is 0.579. The van der Waals surface area contributed by atoms with E-state index in [9.17, 15) is 4.79 Å². The van der Waals surface area contributed by atoms with E-state index in [1.54, 1.807) is 12.4 Å². The zero-order valence-electron chi connectivity index (χ0n) is 15.5. The maximum Gasteiger partial charge on any atom is 0.227 e. The van der Waals surface area contributed by atoms with Crippen molar-refractivity contribution in [3.63, 3.8) is 0 Å². The van der Waals surface area contributed by atoms with Crippen LogP contribution >= 0.6 is 0 Å². The average molecular weight is 341 g/mol. The molecule has 0 bridgehead atoms. The Morgan fingerprint density at radius 1 is 1.24 bits per heavy atom. The Bertz CT molecular complexity index is 729. The van der Waals surface area contributed by atoms with Gasteiger partial charge in [0.05, 0.1) is 11.9 Å². The van der Waals surface area contributed by atoms with Crippen LogP contribution in [0.15, 0.2) is 18.6 Å². The third-order valence-corrected chi connectivity index (χ3v) is 4.60. The zero-order valence-corrected chi connectivity index (χ0v) is 15.5. The van der Waals surface area contributed by atoms with E-state index in [0.717, 1.165) is 55.3 Å². The molecule has 0 saturated carbocycles. The van der Waals surface area contributed by atoms with Gasteiger partial charge in [-0.1, -0.05) is 20.8 Å². The number of hydrogen-bond acceptors (Lipinski definition) is 4. The van der Waals surface area contributed by atoms with E-state index in [-0.39, 0.29) is 11.3 Å². The van der Waals surface area contributed by atoms with Crippen molar-refractivity contribution in [3.05, 3.63) is 30.0 Å². The van der Waals surface area contributed by atoms with Crippen LogP contribution in [0.2, 0.25) is 0 Å². The Kier molecular flexibility index (Phi) is 4.88. The minimum atomic E-state index is -0.315. The molecule has 6 heteroatoms. The summed E-state index contributed by atoms with van der Waals surface area (Å²) in [7, 11) is 0. The molecule has 1 aliphatic heterocycles. The predicted molar refractivity (Wildman–Crippen MR) is 96.8 cm³/mol. The van der Waals surface area contributed by atoms with E-state index in [4.69, 9.17) is 0 Å². The number of aryl methyl sites for hydroxylation is 1. The monoisotopic (exact) mass is 341 g/mol. The number of likely N-dealkylation sites (tertiary alicyclic amines) is 1. The number of carbonyl (C=O) groups excluding carboxylic acids is 1. The van der Waals surface area contributed by atoms with Crippen LogP contribution < -0.4 is 0 Å². The van der Waals surface area contributed by atoms with Gasteiger partial charge in [0, 0.05) is 36.6 Å². The molecule has 0 spiro atoms. The Morgan fingerprint density at radius 3 is 2.64 bits per heavy atom. The third-order valence-electron chi connectivity index (χ3n) is 4.60. The zero-order chi connectivity index (χ0) is 18.0. The fourth-order valence-corrected chi connectivity index (χ4v) is 3.31. The van der Waals surface area contributed by atoms with Crippen LogP contribution in [0.1, 0.15) is 45.0 Å². The fourth-order valence-electron chi connectivity index (χ4n) is 3.31. The molecule has 6 nitrogen and oxygen atoms in total. The van der Waals surface area contributed by atoms with Gasteiger partial charge in [0.1, 0.15) is 5.69 Å². The molecule has 2 aromatic heterocycles. The lowest BCUT2D eigenvalue weighted by molar-refractivity contribution is -0.141. The van der Waals surface area contributed by atoms with Gasteiger partial charge in [0.15, 0.2) is 5.82 Å². The summed E-state index contributed by atoms with van der Waals surface area (Å²) in [6, 6.07) is 0. The summed E-state index contributed by atoms with van der Waals surface area (Å²) in [6.07, 6.45) is 8.44. The first-order chi connectivity index (χ1) is 11.8. The maximum absolute atomic E-state index is 12.5. The SMILES string of the molecule is Cc1cnc(-c2cnc(C[C@H]3CCCN(C(=O)C(C)(C)C)C3)cn2)[nH]1. The molecule has 1 atom stereocenters. The van der Waals surface area contributed by atoms with Crippen molar-refractivity contribution >= 4 is 5.91 Å². The van der Waals surface area contributed by atoms with E-state index in [2.05, 4.69) is 19.9 Å². The number of H-pyrrole nitrogens is 1. The first-order valence-electron chi connectivity index (χ1n) is 8.95. The second-order valence-electron chi connectivity index (χ2n) is 8.02. The normalized spacial score (nSPS) is 18.4. The highest BCUT2D eigenvalue weighted by Crippen LogP contribution is 2.25. The summed E-state index contributed by atoms with van der Waals surface area (Å²) >= 11 is 0. The third kappa shape index (κ3) is 4.24. The molecule has 0 unspecified atom stereocenters. The molecular formula is C19H27N5O. The minimum absolute atomic E-state index is 0.242. The molecule has 1 saturated heterocycles. The number of aromatic amines is 1. The van der Waals surface area contributed by atoms with E-state index in [0.29, 0.717) is 5.92 Å². The number of nitrogens with one attached hydrogen (secondary N) is 1. The lowest BCUT2D eigenvalue weighted by Crippen LogP contribution is -2.45. The molecular weight excluding hydrogens is 314 g/mol. The van der Waals surface area contributed by atoms with Crippen LogP contribution in [0.25, 0.3) is 11.5 Å². The van der Waals surface area contributed by atoms with Gasteiger partial charge in [0.2, 0.25) is 5.91 Å². The number of rotatable bonds is 3.